The Bertz CT molecular complexity index is 915. The monoisotopic (exact) mass is 408 g/mol. The molecule has 1 aromatic heterocycles. The molecular weight excluding hydrogens is 380 g/mol. The minimum Gasteiger partial charge on any atom is -0.339 e. The average molecular weight is 409 g/mol. The van der Waals surface area contributed by atoms with Crippen LogP contribution in [0.2, 0.25) is 0 Å². The van der Waals surface area contributed by atoms with E-state index < -0.39 is 0 Å². The maximum absolute atomic E-state index is 13.0. The van der Waals surface area contributed by atoms with Crippen molar-refractivity contribution in [3.8, 4) is 6.07 Å². The Morgan fingerprint density at radius 1 is 1.14 bits per heavy atom. The van der Waals surface area contributed by atoms with Crippen molar-refractivity contribution in [1.29, 1.82) is 5.26 Å². The van der Waals surface area contributed by atoms with Crippen LogP contribution < -0.4 is 0 Å². The summed E-state index contributed by atoms with van der Waals surface area (Å²) in [5.41, 5.74) is 4.80. The van der Waals surface area contributed by atoms with Gasteiger partial charge in [-0.2, -0.15) is 5.26 Å². The Balaban J connectivity index is 1.60. The topological polar surface area (TPSA) is 60.2 Å². The van der Waals surface area contributed by atoms with Crippen LogP contribution in [-0.2, 0) is 11.3 Å². The number of carbonyl (C=O) groups excluding carboxylic acids is 1. The molecule has 1 saturated heterocycles. The zero-order chi connectivity index (χ0) is 21.0. The summed E-state index contributed by atoms with van der Waals surface area (Å²) in [6.45, 7) is 11.9. The van der Waals surface area contributed by atoms with E-state index in [4.69, 9.17) is 0 Å². The first-order chi connectivity index (χ1) is 13.9. The van der Waals surface area contributed by atoms with Crippen molar-refractivity contribution in [2.24, 2.45) is 0 Å². The van der Waals surface area contributed by atoms with Gasteiger partial charge in [0.2, 0.25) is 5.91 Å². The lowest BCUT2D eigenvalue weighted by Gasteiger charge is -2.35. The van der Waals surface area contributed by atoms with E-state index in [1.165, 1.54) is 17.3 Å². The largest absolute Gasteiger partial charge is 0.339 e. The van der Waals surface area contributed by atoms with Gasteiger partial charge in [-0.1, -0.05) is 42.1 Å². The lowest BCUT2D eigenvalue weighted by molar-refractivity contribution is -0.132. The molecule has 5 nitrogen and oxygen atoms in total. The molecule has 0 N–H and O–H groups in total. The third-order valence-electron chi connectivity index (χ3n) is 5.64. The highest BCUT2D eigenvalue weighted by Crippen LogP contribution is 2.30. The van der Waals surface area contributed by atoms with Crippen molar-refractivity contribution < 1.29 is 4.79 Å². The molecule has 0 radical (unpaired) electrons. The molecule has 0 spiro atoms. The summed E-state index contributed by atoms with van der Waals surface area (Å²) in [5, 5.41) is 9.96. The summed E-state index contributed by atoms with van der Waals surface area (Å²) in [7, 11) is 0. The summed E-state index contributed by atoms with van der Waals surface area (Å²) in [4.78, 5) is 21.9. The SMILES string of the molecule is Cc1nc(SC(C)C(=O)N2CCN(Cc3ccccc3)CC2)c(C#N)c(C)c1C. The number of benzene rings is 1. The van der Waals surface area contributed by atoms with Gasteiger partial charge in [-0.25, -0.2) is 4.98 Å². The summed E-state index contributed by atoms with van der Waals surface area (Å²) in [5.74, 6) is 0.121. The average Bonchev–Trinajstić information content (AvgIpc) is 2.73. The van der Waals surface area contributed by atoms with E-state index in [0.717, 1.165) is 49.5 Å². The summed E-state index contributed by atoms with van der Waals surface area (Å²) in [6, 6.07) is 12.7. The minimum absolute atomic E-state index is 0.121. The van der Waals surface area contributed by atoms with E-state index in [0.29, 0.717) is 10.6 Å². The highest BCUT2D eigenvalue weighted by atomic mass is 32.2. The van der Waals surface area contributed by atoms with Gasteiger partial charge in [0.25, 0.3) is 0 Å². The second-order valence-corrected chi connectivity index (χ2v) is 8.92. The van der Waals surface area contributed by atoms with E-state index in [2.05, 4.69) is 40.2 Å². The summed E-state index contributed by atoms with van der Waals surface area (Å²) >= 11 is 1.40. The molecule has 2 aromatic rings. The smallest absolute Gasteiger partial charge is 0.235 e. The first-order valence-corrected chi connectivity index (χ1v) is 10.9. The molecule has 152 valence electrons. The van der Waals surface area contributed by atoms with Crippen LogP contribution in [0.5, 0.6) is 0 Å². The summed E-state index contributed by atoms with van der Waals surface area (Å²) < 4.78 is 0. The highest BCUT2D eigenvalue weighted by molar-refractivity contribution is 8.00. The van der Waals surface area contributed by atoms with Gasteiger partial charge in [0, 0.05) is 38.4 Å². The second kappa shape index (κ2) is 9.43. The lowest BCUT2D eigenvalue weighted by atomic mass is 10.1. The molecule has 1 atom stereocenters. The number of amides is 1. The van der Waals surface area contributed by atoms with Crippen LogP contribution in [0.1, 0.15) is 34.9 Å². The predicted molar refractivity (Wildman–Crippen MR) is 117 cm³/mol. The van der Waals surface area contributed by atoms with Crippen LogP contribution in [0.3, 0.4) is 0 Å². The van der Waals surface area contributed by atoms with Crippen molar-refractivity contribution in [1.82, 2.24) is 14.8 Å². The minimum atomic E-state index is -0.267. The Hall–Kier alpha value is -2.36. The van der Waals surface area contributed by atoms with Gasteiger partial charge in [-0.05, 0) is 44.4 Å². The first-order valence-electron chi connectivity index (χ1n) is 10.00. The standard InChI is InChI=1S/C23H28N4OS/c1-16-17(2)21(14-24)22(25-18(16)3)29-19(4)23(28)27-12-10-26(11-13-27)15-20-8-6-5-7-9-20/h5-9,19H,10-13,15H2,1-4H3. The van der Waals surface area contributed by atoms with E-state index in [1.807, 2.05) is 38.7 Å². The van der Waals surface area contributed by atoms with Gasteiger partial charge < -0.3 is 4.90 Å². The zero-order valence-corrected chi connectivity index (χ0v) is 18.4. The van der Waals surface area contributed by atoms with E-state index in [-0.39, 0.29) is 11.2 Å². The fourth-order valence-corrected chi connectivity index (χ4v) is 4.66. The molecule has 0 aliphatic carbocycles. The van der Waals surface area contributed by atoms with Gasteiger partial charge in [0.1, 0.15) is 11.1 Å². The van der Waals surface area contributed by atoms with Crippen LogP contribution >= 0.6 is 11.8 Å². The molecule has 1 unspecified atom stereocenters. The Morgan fingerprint density at radius 3 is 2.41 bits per heavy atom. The maximum Gasteiger partial charge on any atom is 0.235 e. The van der Waals surface area contributed by atoms with E-state index in [1.54, 1.807) is 0 Å². The highest BCUT2D eigenvalue weighted by Gasteiger charge is 2.27. The second-order valence-electron chi connectivity index (χ2n) is 7.59. The molecule has 29 heavy (non-hydrogen) atoms. The number of nitrogens with zero attached hydrogens (tertiary/aromatic N) is 4. The number of carbonyl (C=O) groups is 1. The Morgan fingerprint density at radius 2 is 1.79 bits per heavy atom. The van der Waals surface area contributed by atoms with Crippen LogP contribution in [0.25, 0.3) is 0 Å². The van der Waals surface area contributed by atoms with Gasteiger partial charge >= 0.3 is 0 Å². The maximum atomic E-state index is 13.0. The molecule has 2 heterocycles. The zero-order valence-electron chi connectivity index (χ0n) is 17.6. The number of hydrogen-bond donors (Lipinski definition) is 0. The lowest BCUT2D eigenvalue weighted by Crippen LogP contribution is -2.50. The molecule has 1 amide bonds. The molecule has 6 heteroatoms. The first kappa shape index (κ1) is 21.4. The van der Waals surface area contributed by atoms with Crippen LogP contribution in [0, 0.1) is 32.1 Å². The van der Waals surface area contributed by atoms with E-state index in [9.17, 15) is 10.1 Å². The van der Waals surface area contributed by atoms with Gasteiger partial charge in [0.05, 0.1) is 10.8 Å². The van der Waals surface area contributed by atoms with Gasteiger partial charge in [0.15, 0.2) is 0 Å². The fourth-order valence-electron chi connectivity index (χ4n) is 3.57. The van der Waals surface area contributed by atoms with Crippen molar-refractivity contribution in [2.45, 2.75) is 44.5 Å². The third kappa shape index (κ3) is 4.98. The molecule has 1 aliphatic rings. The molecule has 0 bridgehead atoms. The van der Waals surface area contributed by atoms with Crippen molar-refractivity contribution >= 4 is 17.7 Å². The third-order valence-corrected chi connectivity index (χ3v) is 6.72. The fraction of sp³-hybridized carbons (Fsp3) is 0.435. The molecule has 0 saturated carbocycles. The van der Waals surface area contributed by atoms with Crippen molar-refractivity contribution in [2.75, 3.05) is 26.2 Å². The van der Waals surface area contributed by atoms with Gasteiger partial charge in [-0.15, -0.1) is 0 Å². The number of pyridine rings is 1. The number of nitriles is 1. The molecule has 3 rings (SSSR count). The Kier molecular flexibility index (Phi) is 6.94. The van der Waals surface area contributed by atoms with Gasteiger partial charge in [-0.3, -0.25) is 9.69 Å². The molecular formula is C23H28N4OS. The van der Waals surface area contributed by atoms with Crippen molar-refractivity contribution in [3.05, 3.63) is 58.3 Å². The summed E-state index contributed by atoms with van der Waals surface area (Å²) in [6.07, 6.45) is 0. The molecule has 1 fully saturated rings. The number of aryl methyl sites for hydroxylation is 1. The van der Waals surface area contributed by atoms with Crippen molar-refractivity contribution in [3.63, 3.8) is 0 Å². The number of hydrogen-bond acceptors (Lipinski definition) is 5. The van der Waals surface area contributed by atoms with Crippen LogP contribution in [0.4, 0.5) is 0 Å². The Labute approximate surface area is 177 Å². The number of piperazine rings is 1. The number of rotatable bonds is 5. The predicted octanol–water partition coefficient (Wildman–Crippen LogP) is 3.70. The van der Waals surface area contributed by atoms with Crippen LogP contribution in [-0.4, -0.2) is 52.1 Å². The van der Waals surface area contributed by atoms with E-state index >= 15 is 0 Å². The molecule has 1 aromatic carbocycles. The number of thioether (sulfide) groups is 1. The number of aromatic nitrogens is 1. The van der Waals surface area contributed by atoms with Crippen LogP contribution in [0.15, 0.2) is 35.4 Å². The normalized spacial score (nSPS) is 15.8. The quantitative estimate of drug-likeness (QED) is 0.706. The molecule has 1 aliphatic heterocycles.